The Morgan fingerprint density at radius 2 is 1.96 bits per heavy atom. The van der Waals surface area contributed by atoms with Crippen LogP contribution in [0.15, 0.2) is 18.2 Å². The van der Waals surface area contributed by atoms with Crippen LogP contribution in [0.3, 0.4) is 0 Å². The number of amides is 1. The fourth-order valence-electron chi connectivity index (χ4n) is 5.09. The second-order valence-electron chi connectivity index (χ2n) is 8.86. The average molecular weight is 331 g/mol. The molecule has 1 saturated heterocycles. The molecule has 3 aliphatic rings. The normalized spacial score (nSPS) is 31.3. The number of carbonyl (C=O) groups is 1. The Bertz CT molecular complexity index is 662. The highest BCUT2D eigenvalue weighted by molar-refractivity contribution is 5.81. The van der Waals surface area contributed by atoms with Crippen molar-refractivity contribution in [3.8, 4) is 0 Å². The third-order valence-corrected chi connectivity index (χ3v) is 6.28. The fraction of sp³-hybridized carbons (Fsp3) is 0.650. The smallest absolute Gasteiger partial charge is 0.225 e. The van der Waals surface area contributed by atoms with Crippen molar-refractivity contribution in [1.29, 1.82) is 0 Å². The number of aryl methyl sites for hydroxylation is 1. The number of halogens is 1. The first-order valence-electron chi connectivity index (χ1n) is 9.02. The van der Waals surface area contributed by atoms with E-state index in [9.17, 15) is 14.3 Å². The van der Waals surface area contributed by atoms with Gasteiger partial charge < -0.3 is 10.0 Å². The van der Waals surface area contributed by atoms with Gasteiger partial charge in [-0.3, -0.25) is 4.79 Å². The van der Waals surface area contributed by atoms with Gasteiger partial charge in [0.1, 0.15) is 5.82 Å². The van der Waals surface area contributed by atoms with E-state index < -0.39 is 5.60 Å². The second kappa shape index (κ2) is 5.29. The number of benzene rings is 1. The van der Waals surface area contributed by atoms with Crippen molar-refractivity contribution in [2.45, 2.75) is 51.6 Å². The SMILES string of the molecule is Cc1cc(CC2CC3(C2)CN(C(=O)C2CC(C)(O)C2)C3)ccc1F. The first-order chi connectivity index (χ1) is 11.3. The average Bonchev–Trinajstić information content (AvgIpc) is 2.40. The van der Waals surface area contributed by atoms with Gasteiger partial charge in [0.2, 0.25) is 5.91 Å². The van der Waals surface area contributed by atoms with Gasteiger partial charge in [0.05, 0.1) is 5.60 Å². The van der Waals surface area contributed by atoms with Crippen molar-refractivity contribution in [2.75, 3.05) is 13.1 Å². The maximum atomic E-state index is 13.3. The highest BCUT2D eigenvalue weighted by Crippen LogP contribution is 2.53. The number of hydrogen-bond donors (Lipinski definition) is 1. The molecule has 1 heterocycles. The molecule has 0 unspecified atom stereocenters. The molecule has 1 N–H and O–H groups in total. The van der Waals surface area contributed by atoms with Crippen LogP contribution in [0.4, 0.5) is 4.39 Å². The molecule has 4 heteroatoms. The summed E-state index contributed by atoms with van der Waals surface area (Å²) in [6.07, 6.45) is 4.59. The van der Waals surface area contributed by atoms with E-state index in [2.05, 4.69) is 0 Å². The van der Waals surface area contributed by atoms with Crippen molar-refractivity contribution < 1.29 is 14.3 Å². The van der Waals surface area contributed by atoms with E-state index in [0.717, 1.165) is 25.1 Å². The van der Waals surface area contributed by atoms with Gasteiger partial charge in [-0.05, 0) is 69.1 Å². The molecule has 1 aromatic carbocycles. The van der Waals surface area contributed by atoms with Gasteiger partial charge >= 0.3 is 0 Å². The van der Waals surface area contributed by atoms with Crippen molar-refractivity contribution in [3.63, 3.8) is 0 Å². The molecule has 4 rings (SSSR count). The summed E-state index contributed by atoms with van der Waals surface area (Å²) >= 11 is 0. The molecule has 2 aliphatic carbocycles. The Labute approximate surface area is 142 Å². The largest absolute Gasteiger partial charge is 0.390 e. The summed E-state index contributed by atoms with van der Waals surface area (Å²) < 4.78 is 13.3. The zero-order valence-electron chi connectivity index (χ0n) is 14.5. The van der Waals surface area contributed by atoms with Gasteiger partial charge in [0, 0.05) is 24.4 Å². The van der Waals surface area contributed by atoms with E-state index in [1.165, 1.54) is 18.4 Å². The summed E-state index contributed by atoms with van der Waals surface area (Å²) in [5, 5.41) is 9.78. The van der Waals surface area contributed by atoms with Gasteiger partial charge in [0.15, 0.2) is 0 Å². The molecular weight excluding hydrogens is 305 g/mol. The molecule has 1 spiro atoms. The summed E-state index contributed by atoms with van der Waals surface area (Å²) in [6.45, 7) is 5.41. The standard InChI is InChI=1S/C20H26FNO2/c1-13-5-14(3-4-17(13)21)6-15-7-20(8-15)11-22(12-20)18(23)16-9-19(2,24)10-16/h3-5,15-16,24H,6-12H2,1-2H3. The van der Waals surface area contributed by atoms with Gasteiger partial charge in [-0.1, -0.05) is 12.1 Å². The predicted octanol–water partition coefficient (Wildman–Crippen LogP) is 3.08. The minimum atomic E-state index is -0.627. The molecule has 1 aromatic rings. The van der Waals surface area contributed by atoms with Gasteiger partial charge in [-0.2, -0.15) is 0 Å². The lowest BCUT2D eigenvalue weighted by atomic mass is 9.56. The molecule has 3 fully saturated rings. The van der Waals surface area contributed by atoms with Crippen LogP contribution in [-0.4, -0.2) is 34.6 Å². The van der Waals surface area contributed by atoms with Crippen LogP contribution in [-0.2, 0) is 11.2 Å². The second-order valence-corrected chi connectivity index (χ2v) is 8.86. The lowest BCUT2D eigenvalue weighted by Gasteiger charge is -2.60. The Morgan fingerprint density at radius 3 is 2.54 bits per heavy atom. The van der Waals surface area contributed by atoms with E-state index in [0.29, 0.717) is 24.2 Å². The zero-order chi connectivity index (χ0) is 17.1. The van der Waals surface area contributed by atoms with Crippen molar-refractivity contribution >= 4 is 5.91 Å². The maximum Gasteiger partial charge on any atom is 0.225 e. The fourth-order valence-corrected chi connectivity index (χ4v) is 5.09. The molecule has 0 aromatic heterocycles. The molecule has 0 atom stereocenters. The summed E-state index contributed by atoms with van der Waals surface area (Å²) in [5.41, 5.74) is 1.66. The highest BCUT2D eigenvalue weighted by Gasteiger charge is 2.55. The Kier molecular flexibility index (Phi) is 3.54. The molecule has 0 bridgehead atoms. The molecule has 24 heavy (non-hydrogen) atoms. The monoisotopic (exact) mass is 331 g/mol. The van der Waals surface area contributed by atoms with Gasteiger partial charge in [-0.15, -0.1) is 0 Å². The van der Waals surface area contributed by atoms with Crippen molar-refractivity contribution in [2.24, 2.45) is 17.3 Å². The van der Waals surface area contributed by atoms with Crippen LogP contribution in [0.5, 0.6) is 0 Å². The van der Waals surface area contributed by atoms with Gasteiger partial charge in [-0.25, -0.2) is 4.39 Å². The molecule has 1 amide bonds. The number of rotatable bonds is 3. The maximum absolute atomic E-state index is 13.3. The Hall–Kier alpha value is -1.42. The van der Waals surface area contributed by atoms with E-state index in [4.69, 9.17) is 0 Å². The minimum absolute atomic E-state index is 0.0374. The zero-order valence-corrected chi connectivity index (χ0v) is 14.5. The molecule has 1 aliphatic heterocycles. The first-order valence-corrected chi connectivity index (χ1v) is 9.02. The lowest BCUT2D eigenvalue weighted by molar-refractivity contribution is -0.171. The third kappa shape index (κ3) is 2.75. The number of aliphatic hydroxyl groups is 1. The number of nitrogens with zero attached hydrogens (tertiary/aromatic N) is 1. The van der Waals surface area contributed by atoms with E-state index in [-0.39, 0.29) is 17.6 Å². The predicted molar refractivity (Wildman–Crippen MR) is 89.9 cm³/mol. The van der Waals surface area contributed by atoms with Crippen LogP contribution in [0.2, 0.25) is 0 Å². The summed E-state index contributed by atoms with van der Waals surface area (Å²) in [4.78, 5) is 14.3. The van der Waals surface area contributed by atoms with Crippen LogP contribution in [0.1, 0.15) is 43.7 Å². The van der Waals surface area contributed by atoms with Crippen LogP contribution >= 0.6 is 0 Å². The molecule has 130 valence electrons. The Morgan fingerprint density at radius 1 is 1.29 bits per heavy atom. The lowest BCUT2D eigenvalue weighted by Crippen LogP contribution is -2.66. The van der Waals surface area contributed by atoms with Crippen LogP contribution in [0.25, 0.3) is 0 Å². The molecular formula is C20H26FNO2. The minimum Gasteiger partial charge on any atom is -0.390 e. The molecule has 2 saturated carbocycles. The summed E-state index contributed by atoms with van der Waals surface area (Å²) in [5.74, 6) is 0.809. The summed E-state index contributed by atoms with van der Waals surface area (Å²) in [6, 6.07) is 5.42. The van der Waals surface area contributed by atoms with Crippen molar-refractivity contribution in [1.82, 2.24) is 4.90 Å². The number of carbonyl (C=O) groups excluding carboxylic acids is 1. The third-order valence-electron chi connectivity index (χ3n) is 6.28. The Balaban J connectivity index is 1.24. The highest BCUT2D eigenvalue weighted by atomic mass is 19.1. The topological polar surface area (TPSA) is 40.5 Å². The number of hydrogen-bond acceptors (Lipinski definition) is 2. The van der Waals surface area contributed by atoms with E-state index in [1.807, 2.05) is 30.9 Å². The van der Waals surface area contributed by atoms with Gasteiger partial charge in [0.25, 0.3) is 0 Å². The van der Waals surface area contributed by atoms with E-state index in [1.54, 1.807) is 6.07 Å². The van der Waals surface area contributed by atoms with Crippen LogP contribution in [0, 0.1) is 30.0 Å². The van der Waals surface area contributed by atoms with E-state index >= 15 is 0 Å². The summed E-state index contributed by atoms with van der Waals surface area (Å²) in [7, 11) is 0. The van der Waals surface area contributed by atoms with Crippen molar-refractivity contribution in [3.05, 3.63) is 35.1 Å². The first kappa shape index (κ1) is 16.1. The number of likely N-dealkylation sites (tertiary alicyclic amines) is 1. The molecule has 3 nitrogen and oxygen atoms in total. The molecule has 0 radical (unpaired) electrons. The quantitative estimate of drug-likeness (QED) is 0.925. The van der Waals surface area contributed by atoms with Crippen LogP contribution < -0.4 is 0 Å².